The fraction of sp³-hybridized carbons (Fsp3) is 0.286. The summed E-state index contributed by atoms with van der Waals surface area (Å²) in [4.78, 5) is 0. The van der Waals surface area contributed by atoms with Gasteiger partial charge in [0.1, 0.15) is 0 Å². The van der Waals surface area contributed by atoms with Crippen LogP contribution in [-0.4, -0.2) is 0 Å². The summed E-state index contributed by atoms with van der Waals surface area (Å²) >= 11 is 0. The van der Waals surface area contributed by atoms with E-state index in [1.807, 2.05) is 39.8 Å². The molecule has 0 fully saturated rings. The van der Waals surface area contributed by atoms with Crippen LogP contribution in [0, 0.1) is 0 Å². The zero-order valence-corrected chi connectivity index (χ0v) is 9.93. The normalized spacial score (nSPS) is 11.1. The summed E-state index contributed by atoms with van der Waals surface area (Å²) in [6, 6.07) is 0. The first-order valence-electron chi connectivity index (χ1n) is 4.94. The Kier molecular flexibility index (Phi) is 10.6. The largest absolute Gasteiger partial charge is 0.0985 e. The Bertz CT molecular complexity index is 249. The van der Waals surface area contributed by atoms with Crippen molar-refractivity contribution in [1.82, 2.24) is 0 Å². The van der Waals surface area contributed by atoms with E-state index in [1.54, 1.807) is 12.2 Å². The molecule has 0 rings (SSSR count). The smallest absolute Gasteiger partial charge is 0.0194 e. The van der Waals surface area contributed by atoms with Crippen molar-refractivity contribution >= 4 is 0 Å². The van der Waals surface area contributed by atoms with Crippen molar-refractivity contribution in [3.63, 3.8) is 0 Å². The van der Waals surface area contributed by atoms with Gasteiger partial charge >= 0.3 is 0 Å². The Morgan fingerprint density at radius 1 is 1.07 bits per heavy atom. The van der Waals surface area contributed by atoms with E-state index in [1.165, 1.54) is 5.57 Å². The molecular formula is C14H22. The van der Waals surface area contributed by atoms with Crippen LogP contribution in [0.3, 0.4) is 0 Å². The van der Waals surface area contributed by atoms with Crippen LogP contribution in [0.15, 0.2) is 60.8 Å². The maximum atomic E-state index is 3.85. The fourth-order valence-corrected chi connectivity index (χ4v) is 0.729. The molecule has 0 heteroatoms. The third kappa shape index (κ3) is 6.24. The van der Waals surface area contributed by atoms with Crippen LogP contribution in [0.4, 0.5) is 0 Å². The Hall–Kier alpha value is -1.30. The molecule has 0 aliphatic carbocycles. The van der Waals surface area contributed by atoms with Crippen molar-refractivity contribution < 1.29 is 0 Å². The van der Waals surface area contributed by atoms with E-state index >= 15 is 0 Å². The molecule has 0 N–H and O–H groups in total. The van der Waals surface area contributed by atoms with Gasteiger partial charge in [0.05, 0.1) is 0 Å². The van der Waals surface area contributed by atoms with Crippen LogP contribution in [0.2, 0.25) is 0 Å². The minimum absolute atomic E-state index is 0.909. The lowest BCUT2D eigenvalue weighted by molar-refractivity contribution is 1.44. The first-order valence-corrected chi connectivity index (χ1v) is 4.94. The van der Waals surface area contributed by atoms with Gasteiger partial charge in [0, 0.05) is 0 Å². The number of hydrogen-bond donors (Lipinski definition) is 0. The van der Waals surface area contributed by atoms with Crippen molar-refractivity contribution in [3.05, 3.63) is 60.8 Å². The minimum atomic E-state index is 0.909. The molecule has 0 aromatic carbocycles. The summed E-state index contributed by atoms with van der Waals surface area (Å²) in [5.41, 5.74) is 3.14. The van der Waals surface area contributed by atoms with Crippen LogP contribution in [0.5, 0.6) is 0 Å². The van der Waals surface area contributed by atoms with Gasteiger partial charge in [-0.2, -0.15) is 0 Å². The molecule has 0 radical (unpaired) electrons. The molecular weight excluding hydrogens is 168 g/mol. The molecule has 0 unspecified atom stereocenters. The molecule has 78 valence electrons. The summed E-state index contributed by atoms with van der Waals surface area (Å²) in [7, 11) is 0. The van der Waals surface area contributed by atoms with Crippen LogP contribution >= 0.6 is 0 Å². The lowest BCUT2D eigenvalue weighted by Crippen LogP contribution is -1.80. The highest BCUT2D eigenvalue weighted by molar-refractivity contribution is 5.46. The van der Waals surface area contributed by atoms with Gasteiger partial charge in [0.15, 0.2) is 0 Å². The molecule has 0 saturated carbocycles. The number of hydrogen-bond acceptors (Lipinski definition) is 0. The van der Waals surface area contributed by atoms with Gasteiger partial charge in [-0.3, -0.25) is 0 Å². The van der Waals surface area contributed by atoms with Crippen molar-refractivity contribution in [2.75, 3.05) is 0 Å². The van der Waals surface area contributed by atoms with E-state index in [9.17, 15) is 0 Å². The SMILES string of the molecule is C=CC(=C)/C(C=C)=C\C(C)=C/C.CC. The van der Waals surface area contributed by atoms with Crippen LogP contribution in [-0.2, 0) is 0 Å². The van der Waals surface area contributed by atoms with Crippen molar-refractivity contribution in [3.8, 4) is 0 Å². The maximum Gasteiger partial charge on any atom is -0.0194 e. The molecule has 0 atom stereocenters. The van der Waals surface area contributed by atoms with Gasteiger partial charge in [0.25, 0.3) is 0 Å². The van der Waals surface area contributed by atoms with E-state index in [0.717, 1.165) is 11.1 Å². The molecule has 0 nitrogen and oxygen atoms in total. The van der Waals surface area contributed by atoms with Gasteiger partial charge in [0.2, 0.25) is 0 Å². The van der Waals surface area contributed by atoms with Crippen LogP contribution in [0.1, 0.15) is 27.7 Å². The van der Waals surface area contributed by atoms with Gasteiger partial charge < -0.3 is 0 Å². The lowest BCUT2D eigenvalue weighted by atomic mass is 10.1. The Balaban J connectivity index is 0. The molecule has 0 heterocycles. The van der Waals surface area contributed by atoms with Gasteiger partial charge in [-0.1, -0.05) is 63.5 Å². The zero-order valence-electron chi connectivity index (χ0n) is 9.93. The quantitative estimate of drug-likeness (QED) is 0.557. The molecule has 0 bridgehead atoms. The molecule has 0 aliphatic rings. The molecule has 0 amide bonds. The van der Waals surface area contributed by atoms with E-state index < -0.39 is 0 Å². The van der Waals surface area contributed by atoms with Gasteiger partial charge in [-0.15, -0.1) is 0 Å². The maximum absolute atomic E-state index is 3.85. The molecule has 0 spiro atoms. The highest BCUT2D eigenvalue weighted by Gasteiger charge is 1.92. The first kappa shape index (κ1) is 15.2. The summed E-state index contributed by atoms with van der Waals surface area (Å²) in [5, 5.41) is 0. The second-order valence-corrected chi connectivity index (χ2v) is 2.57. The third-order valence-corrected chi connectivity index (χ3v) is 1.68. The molecule has 0 saturated heterocycles. The van der Waals surface area contributed by atoms with E-state index in [-0.39, 0.29) is 0 Å². The summed E-state index contributed by atoms with van der Waals surface area (Å²) in [6.45, 7) is 19.3. The lowest BCUT2D eigenvalue weighted by Gasteiger charge is -2.00. The predicted molar refractivity (Wildman–Crippen MR) is 68.4 cm³/mol. The van der Waals surface area contributed by atoms with Crippen molar-refractivity contribution in [2.45, 2.75) is 27.7 Å². The summed E-state index contributed by atoms with van der Waals surface area (Å²) in [6.07, 6.45) is 7.60. The molecule has 0 aliphatic heterocycles. The predicted octanol–water partition coefficient (Wildman–Crippen LogP) is 4.83. The van der Waals surface area contributed by atoms with Crippen molar-refractivity contribution in [1.29, 1.82) is 0 Å². The van der Waals surface area contributed by atoms with E-state index in [4.69, 9.17) is 0 Å². The second-order valence-electron chi connectivity index (χ2n) is 2.57. The fourth-order valence-electron chi connectivity index (χ4n) is 0.729. The third-order valence-electron chi connectivity index (χ3n) is 1.68. The molecule has 0 aromatic heterocycles. The zero-order chi connectivity index (χ0) is 11.6. The monoisotopic (exact) mass is 190 g/mol. The standard InChI is InChI=1S/C12H16.C2H6/c1-6-10(4)9-12(8-3)11(5)7-2;1-2/h6-9H,2-3,5H2,1,4H3;1-2H3/b10-6-,12-9-;. The molecule has 14 heavy (non-hydrogen) atoms. The summed E-state index contributed by atoms with van der Waals surface area (Å²) < 4.78 is 0. The summed E-state index contributed by atoms with van der Waals surface area (Å²) in [5.74, 6) is 0. The Morgan fingerprint density at radius 2 is 1.57 bits per heavy atom. The highest BCUT2D eigenvalue weighted by atomic mass is 14.0. The Morgan fingerprint density at radius 3 is 1.86 bits per heavy atom. The topological polar surface area (TPSA) is 0 Å². The average Bonchev–Trinajstić information content (AvgIpc) is 2.27. The van der Waals surface area contributed by atoms with Gasteiger partial charge in [-0.05, 0) is 25.0 Å². The van der Waals surface area contributed by atoms with Gasteiger partial charge in [-0.25, -0.2) is 0 Å². The van der Waals surface area contributed by atoms with Crippen LogP contribution in [0.25, 0.3) is 0 Å². The average molecular weight is 190 g/mol. The minimum Gasteiger partial charge on any atom is -0.0985 e. The van der Waals surface area contributed by atoms with Crippen molar-refractivity contribution in [2.24, 2.45) is 0 Å². The van der Waals surface area contributed by atoms with E-state index in [2.05, 4.69) is 19.7 Å². The van der Waals surface area contributed by atoms with Crippen LogP contribution < -0.4 is 0 Å². The number of allylic oxidation sites excluding steroid dienone is 7. The molecule has 0 aromatic rings. The first-order chi connectivity index (χ1) is 6.65. The second kappa shape index (κ2) is 9.79. The Labute approximate surface area is 89.0 Å². The number of rotatable bonds is 4. The highest BCUT2D eigenvalue weighted by Crippen LogP contribution is 2.12. The van der Waals surface area contributed by atoms with E-state index in [0.29, 0.717) is 0 Å².